The zero-order chi connectivity index (χ0) is 23.6. The number of nitrogens with one attached hydrogen (secondary N) is 2. The third-order valence-electron chi connectivity index (χ3n) is 5.83. The van der Waals surface area contributed by atoms with E-state index < -0.39 is 5.41 Å². The molecule has 0 atom stereocenters. The van der Waals surface area contributed by atoms with E-state index in [9.17, 15) is 4.79 Å². The molecule has 3 aromatic heterocycles. The third kappa shape index (κ3) is 5.51. The summed E-state index contributed by atoms with van der Waals surface area (Å²) < 4.78 is 0. The van der Waals surface area contributed by atoms with Crippen molar-refractivity contribution in [1.29, 1.82) is 0 Å². The van der Waals surface area contributed by atoms with Crippen molar-refractivity contribution in [2.24, 2.45) is 5.41 Å². The van der Waals surface area contributed by atoms with Crippen LogP contribution in [0.15, 0.2) is 30.6 Å². The van der Waals surface area contributed by atoms with Crippen molar-refractivity contribution in [2.75, 3.05) is 25.5 Å². The van der Waals surface area contributed by atoms with E-state index in [1.807, 2.05) is 53.2 Å². The van der Waals surface area contributed by atoms with Crippen LogP contribution in [0.5, 0.6) is 0 Å². The minimum Gasteiger partial charge on any atom is -0.381 e. The molecule has 0 aromatic carbocycles. The Labute approximate surface area is 199 Å². The predicted octanol–water partition coefficient (Wildman–Crippen LogP) is 4.77. The summed E-state index contributed by atoms with van der Waals surface area (Å²) in [4.78, 5) is 29.2. The lowest BCUT2D eigenvalue weighted by Crippen LogP contribution is -2.42. The van der Waals surface area contributed by atoms with Gasteiger partial charge in [-0.2, -0.15) is 0 Å². The molecule has 1 saturated heterocycles. The first-order valence-corrected chi connectivity index (χ1v) is 12.3. The number of aromatic nitrogens is 2. The van der Waals surface area contributed by atoms with Crippen molar-refractivity contribution in [3.8, 4) is 10.4 Å². The number of hydroxylamine groups is 2. The molecule has 2 N–H and O–H groups in total. The fourth-order valence-corrected chi connectivity index (χ4v) is 4.83. The molecule has 0 amide bonds. The van der Waals surface area contributed by atoms with E-state index in [-0.39, 0.29) is 5.97 Å². The molecule has 33 heavy (non-hydrogen) atoms. The first kappa shape index (κ1) is 23.6. The molecule has 1 fully saturated rings. The van der Waals surface area contributed by atoms with Gasteiger partial charge in [-0.3, -0.25) is 4.98 Å². The zero-order valence-electron chi connectivity index (χ0n) is 20.1. The van der Waals surface area contributed by atoms with Crippen LogP contribution >= 0.6 is 11.3 Å². The van der Waals surface area contributed by atoms with Gasteiger partial charge in [0.05, 0.1) is 11.1 Å². The first-order chi connectivity index (χ1) is 15.7. The monoisotopic (exact) mass is 467 g/mol. The highest BCUT2D eigenvalue weighted by molar-refractivity contribution is 7.21. The van der Waals surface area contributed by atoms with Crippen LogP contribution < -0.4 is 10.6 Å². The van der Waals surface area contributed by atoms with Gasteiger partial charge in [-0.1, -0.05) is 6.07 Å². The number of nitrogens with zero attached hydrogens (tertiary/aromatic N) is 3. The van der Waals surface area contributed by atoms with Crippen molar-refractivity contribution in [1.82, 2.24) is 20.3 Å². The number of thiophene rings is 1. The van der Waals surface area contributed by atoms with Crippen molar-refractivity contribution >= 4 is 33.2 Å². The number of fused-ring (bicyclic) bond motifs is 1. The molecule has 0 spiro atoms. The predicted molar refractivity (Wildman–Crippen MR) is 134 cm³/mol. The number of pyridine rings is 2. The summed E-state index contributed by atoms with van der Waals surface area (Å²) in [6.07, 6.45) is 5.70. The van der Waals surface area contributed by atoms with Crippen LogP contribution in [-0.2, 0) is 16.2 Å². The number of hydrogen-bond donors (Lipinski definition) is 2. The smallest absolute Gasteiger partial charge is 0.330 e. The molecule has 0 saturated carbocycles. The van der Waals surface area contributed by atoms with Crippen LogP contribution in [0.25, 0.3) is 20.7 Å². The molecule has 176 valence electrons. The normalized spacial score (nSPS) is 15.7. The van der Waals surface area contributed by atoms with Gasteiger partial charge in [0, 0.05) is 65.2 Å². The van der Waals surface area contributed by atoms with Gasteiger partial charge in [0.2, 0.25) is 0 Å². The van der Waals surface area contributed by atoms with Gasteiger partial charge in [-0.15, -0.1) is 16.4 Å². The van der Waals surface area contributed by atoms with Gasteiger partial charge in [-0.25, -0.2) is 9.78 Å². The number of rotatable bonds is 6. The van der Waals surface area contributed by atoms with Crippen molar-refractivity contribution in [2.45, 2.75) is 53.1 Å². The van der Waals surface area contributed by atoms with Crippen LogP contribution in [0.3, 0.4) is 0 Å². The lowest BCUT2D eigenvalue weighted by Gasteiger charge is -2.33. The van der Waals surface area contributed by atoms with E-state index in [1.165, 1.54) is 4.88 Å². The van der Waals surface area contributed by atoms with Gasteiger partial charge in [0.1, 0.15) is 4.83 Å². The Balaban J connectivity index is 1.53. The summed E-state index contributed by atoms with van der Waals surface area (Å²) in [6, 6.07) is 6.68. The molecule has 0 radical (unpaired) electrons. The molecule has 1 aliphatic heterocycles. The molecule has 0 unspecified atom stereocenters. The molecule has 0 bridgehead atoms. The number of aryl methyl sites for hydroxylation is 1. The summed E-state index contributed by atoms with van der Waals surface area (Å²) in [5.41, 5.74) is 3.92. The number of carbonyl (C=O) groups excluding carboxylic acids is 1. The maximum absolute atomic E-state index is 12.2. The quantitative estimate of drug-likeness (QED) is 0.541. The van der Waals surface area contributed by atoms with E-state index in [4.69, 9.17) is 9.82 Å². The minimum absolute atomic E-state index is 0.183. The SMILES string of the molecule is CNCc1cnc2sc(-c3ccc(C)nc3)cc2c1NC1CCN(OC(=O)C(C)(C)C)CC1. The Morgan fingerprint density at radius 1 is 1.21 bits per heavy atom. The first-order valence-electron chi connectivity index (χ1n) is 11.5. The number of anilines is 1. The molecule has 4 rings (SSSR count). The Kier molecular flexibility index (Phi) is 6.97. The van der Waals surface area contributed by atoms with Crippen LogP contribution in [0.4, 0.5) is 5.69 Å². The summed E-state index contributed by atoms with van der Waals surface area (Å²) in [7, 11) is 1.95. The minimum atomic E-state index is -0.497. The third-order valence-corrected chi connectivity index (χ3v) is 6.92. The second-order valence-electron chi connectivity index (χ2n) is 9.68. The Morgan fingerprint density at radius 2 is 1.97 bits per heavy atom. The average Bonchev–Trinajstić information content (AvgIpc) is 3.21. The topological polar surface area (TPSA) is 79.4 Å². The van der Waals surface area contributed by atoms with Gasteiger partial charge in [0.25, 0.3) is 0 Å². The fourth-order valence-electron chi connectivity index (χ4n) is 3.83. The van der Waals surface area contributed by atoms with E-state index in [1.54, 1.807) is 16.4 Å². The number of piperidine rings is 1. The van der Waals surface area contributed by atoms with Crippen molar-refractivity contribution in [3.05, 3.63) is 41.9 Å². The Morgan fingerprint density at radius 3 is 2.61 bits per heavy atom. The maximum atomic E-state index is 12.2. The highest BCUT2D eigenvalue weighted by Gasteiger charge is 2.29. The summed E-state index contributed by atoms with van der Waals surface area (Å²) >= 11 is 1.69. The van der Waals surface area contributed by atoms with Gasteiger partial charge in [-0.05, 0) is 59.7 Å². The van der Waals surface area contributed by atoms with Gasteiger partial charge < -0.3 is 15.5 Å². The standard InChI is InChI=1S/C25H33N5O2S/c1-16-6-7-17(14-27-16)21-12-20-22(18(13-26-5)15-28-23(20)33-21)29-19-8-10-30(11-9-19)32-24(31)25(2,3)4/h6-7,12,14-15,19,26H,8-11,13H2,1-5H3,(H,28,29). The molecular formula is C25H33N5O2S. The second kappa shape index (κ2) is 9.75. The largest absolute Gasteiger partial charge is 0.381 e. The number of carbonyl (C=O) groups is 1. The highest BCUT2D eigenvalue weighted by Crippen LogP contribution is 2.38. The molecule has 4 heterocycles. The highest BCUT2D eigenvalue weighted by atomic mass is 32.1. The van der Waals surface area contributed by atoms with E-state index in [0.717, 1.165) is 65.2 Å². The lowest BCUT2D eigenvalue weighted by molar-refractivity contribution is -0.204. The van der Waals surface area contributed by atoms with E-state index in [0.29, 0.717) is 6.04 Å². The molecule has 7 nitrogen and oxygen atoms in total. The maximum Gasteiger partial charge on any atom is 0.330 e. The lowest BCUT2D eigenvalue weighted by atomic mass is 9.98. The average molecular weight is 468 g/mol. The molecular weight excluding hydrogens is 434 g/mol. The Bertz CT molecular complexity index is 1110. The molecule has 8 heteroatoms. The molecule has 3 aromatic rings. The van der Waals surface area contributed by atoms with Crippen molar-refractivity contribution in [3.63, 3.8) is 0 Å². The van der Waals surface area contributed by atoms with Gasteiger partial charge in [0.15, 0.2) is 0 Å². The van der Waals surface area contributed by atoms with Crippen LogP contribution in [-0.4, -0.2) is 47.2 Å². The summed E-state index contributed by atoms with van der Waals surface area (Å²) in [5, 5.41) is 10.0. The van der Waals surface area contributed by atoms with Crippen LogP contribution in [0.1, 0.15) is 44.9 Å². The molecule has 1 aliphatic rings. The molecule has 0 aliphatic carbocycles. The zero-order valence-corrected chi connectivity index (χ0v) is 20.9. The van der Waals surface area contributed by atoms with Crippen LogP contribution in [0, 0.1) is 12.3 Å². The summed E-state index contributed by atoms with van der Waals surface area (Å²) in [6.45, 7) is 9.82. The Hall–Kier alpha value is -2.55. The number of hydrogen-bond acceptors (Lipinski definition) is 8. The fraction of sp³-hybridized carbons (Fsp3) is 0.480. The second-order valence-corrected chi connectivity index (χ2v) is 10.7. The summed E-state index contributed by atoms with van der Waals surface area (Å²) in [5.74, 6) is -0.183. The van der Waals surface area contributed by atoms with E-state index in [2.05, 4.69) is 27.8 Å². The van der Waals surface area contributed by atoms with Crippen molar-refractivity contribution < 1.29 is 9.63 Å². The van der Waals surface area contributed by atoms with E-state index >= 15 is 0 Å². The van der Waals surface area contributed by atoms with Crippen LogP contribution in [0.2, 0.25) is 0 Å². The van der Waals surface area contributed by atoms with Gasteiger partial charge >= 0.3 is 5.97 Å².